The molecular formula is C13H19FN2O3. The van der Waals surface area contributed by atoms with E-state index in [1.54, 1.807) is 6.92 Å². The Morgan fingerprint density at radius 2 is 2.05 bits per heavy atom. The van der Waals surface area contributed by atoms with Gasteiger partial charge < -0.3 is 4.74 Å². The first-order chi connectivity index (χ1) is 8.95. The third-order valence-electron chi connectivity index (χ3n) is 4.26. The van der Waals surface area contributed by atoms with Crippen LogP contribution >= 0.6 is 0 Å². The topological polar surface area (TPSA) is 64.1 Å². The Labute approximate surface area is 110 Å². The molecule has 1 aromatic rings. The third-order valence-corrected chi connectivity index (χ3v) is 4.26. The Morgan fingerprint density at radius 3 is 2.53 bits per heavy atom. The van der Waals surface area contributed by atoms with Gasteiger partial charge in [-0.05, 0) is 12.8 Å². The van der Waals surface area contributed by atoms with Gasteiger partial charge in [-0.3, -0.25) is 14.3 Å². The highest BCUT2D eigenvalue weighted by atomic mass is 19.1. The zero-order chi connectivity index (χ0) is 14.2. The molecule has 5 nitrogen and oxygen atoms in total. The highest BCUT2D eigenvalue weighted by Gasteiger charge is 2.52. The van der Waals surface area contributed by atoms with Crippen molar-refractivity contribution in [1.82, 2.24) is 9.55 Å². The van der Waals surface area contributed by atoms with E-state index < -0.39 is 29.2 Å². The Balaban J connectivity index is 2.42. The van der Waals surface area contributed by atoms with Crippen LogP contribution in [0.3, 0.4) is 0 Å². The van der Waals surface area contributed by atoms with E-state index in [4.69, 9.17) is 4.74 Å². The minimum absolute atomic E-state index is 0.300. The molecule has 1 N–H and O–H groups in total. The molecule has 0 spiro atoms. The number of alkyl halides is 1. The van der Waals surface area contributed by atoms with Crippen LogP contribution in [0.25, 0.3) is 0 Å². The molecule has 0 radical (unpaired) electrons. The van der Waals surface area contributed by atoms with Gasteiger partial charge in [-0.1, -0.05) is 20.8 Å². The van der Waals surface area contributed by atoms with Gasteiger partial charge in [-0.25, -0.2) is 9.18 Å². The number of halogens is 1. The molecule has 1 fully saturated rings. The van der Waals surface area contributed by atoms with Crippen molar-refractivity contribution in [1.29, 1.82) is 0 Å². The summed E-state index contributed by atoms with van der Waals surface area (Å²) in [4.78, 5) is 24.9. The lowest BCUT2D eigenvalue weighted by Gasteiger charge is -2.30. The monoisotopic (exact) mass is 270 g/mol. The molecule has 1 aliphatic rings. The van der Waals surface area contributed by atoms with Gasteiger partial charge in [0, 0.05) is 18.2 Å². The number of ether oxygens (including phenoxy) is 1. The quantitative estimate of drug-likeness (QED) is 0.907. The van der Waals surface area contributed by atoms with Crippen molar-refractivity contribution in [2.24, 2.45) is 5.92 Å². The van der Waals surface area contributed by atoms with Crippen LogP contribution in [0.5, 0.6) is 0 Å². The first-order valence-corrected chi connectivity index (χ1v) is 6.58. The average molecular weight is 270 g/mol. The Bertz CT molecular complexity index is 561. The first kappa shape index (κ1) is 14.0. The summed E-state index contributed by atoms with van der Waals surface area (Å²) in [5, 5.41) is 0. The van der Waals surface area contributed by atoms with E-state index in [2.05, 4.69) is 4.98 Å². The largest absolute Gasteiger partial charge is 0.348 e. The number of nitrogens with zero attached hydrogens (tertiary/aromatic N) is 1. The van der Waals surface area contributed by atoms with Gasteiger partial charge in [0.15, 0.2) is 12.4 Å². The van der Waals surface area contributed by atoms with Gasteiger partial charge in [0.2, 0.25) is 0 Å². The smallest absolute Gasteiger partial charge is 0.330 e. The molecule has 106 valence electrons. The second-order valence-electron chi connectivity index (χ2n) is 5.03. The molecular weight excluding hydrogens is 251 g/mol. The summed E-state index contributed by atoms with van der Waals surface area (Å²) in [5.41, 5.74) is -1.70. The number of aromatic nitrogens is 2. The van der Waals surface area contributed by atoms with Crippen LogP contribution in [-0.4, -0.2) is 21.3 Å². The van der Waals surface area contributed by atoms with Crippen LogP contribution in [0.4, 0.5) is 4.39 Å². The van der Waals surface area contributed by atoms with Gasteiger partial charge in [-0.2, -0.15) is 0 Å². The minimum atomic E-state index is -1.27. The summed E-state index contributed by atoms with van der Waals surface area (Å²) in [5.74, 6) is -0.300. The lowest BCUT2D eigenvalue weighted by atomic mass is 9.83. The van der Waals surface area contributed by atoms with Crippen LogP contribution in [0.1, 0.15) is 39.8 Å². The predicted octanol–water partition coefficient (Wildman–Crippen LogP) is 1.60. The van der Waals surface area contributed by atoms with Crippen molar-refractivity contribution in [3.8, 4) is 0 Å². The molecule has 2 heterocycles. The molecule has 0 saturated carbocycles. The fraction of sp³-hybridized carbons (Fsp3) is 0.692. The number of H-pyrrole nitrogens is 1. The van der Waals surface area contributed by atoms with Gasteiger partial charge >= 0.3 is 5.69 Å². The first-order valence-electron chi connectivity index (χ1n) is 6.58. The molecule has 3 atom stereocenters. The maximum atomic E-state index is 14.4. The Morgan fingerprint density at radius 1 is 1.42 bits per heavy atom. The summed E-state index contributed by atoms with van der Waals surface area (Å²) in [6.07, 6.45) is 0.397. The normalized spacial score (nSPS) is 29.6. The van der Waals surface area contributed by atoms with Crippen molar-refractivity contribution in [3.05, 3.63) is 33.1 Å². The number of rotatable bonds is 3. The molecule has 1 aliphatic heterocycles. The Hall–Kier alpha value is -1.43. The number of hydrogen-bond donors (Lipinski definition) is 1. The van der Waals surface area contributed by atoms with Crippen molar-refractivity contribution in [2.75, 3.05) is 0 Å². The molecule has 6 heteroatoms. The molecule has 0 aliphatic carbocycles. The van der Waals surface area contributed by atoms with E-state index in [0.717, 1.165) is 4.57 Å². The summed E-state index contributed by atoms with van der Waals surface area (Å²) >= 11 is 0. The molecule has 2 rings (SSSR count). The zero-order valence-electron chi connectivity index (χ0n) is 11.4. The number of hydrogen-bond acceptors (Lipinski definition) is 3. The fourth-order valence-electron chi connectivity index (χ4n) is 2.85. The van der Waals surface area contributed by atoms with Gasteiger partial charge in [0.05, 0.1) is 5.60 Å². The second kappa shape index (κ2) is 4.92. The zero-order valence-corrected chi connectivity index (χ0v) is 11.4. The molecule has 19 heavy (non-hydrogen) atoms. The number of aromatic amines is 1. The Kier molecular flexibility index (Phi) is 3.62. The molecule has 0 aromatic carbocycles. The molecule has 0 amide bonds. The van der Waals surface area contributed by atoms with E-state index in [1.165, 1.54) is 12.3 Å². The average Bonchev–Trinajstić information content (AvgIpc) is 2.64. The summed E-state index contributed by atoms with van der Waals surface area (Å²) in [6, 6.07) is 1.19. The lowest BCUT2D eigenvalue weighted by Crippen LogP contribution is -2.35. The van der Waals surface area contributed by atoms with Crippen molar-refractivity contribution >= 4 is 0 Å². The van der Waals surface area contributed by atoms with Crippen LogP contribution in [-0.2, 0) is 4.74 Å². The molecule has 0 unspecified atom stereocenters. The maximum Gasteiger partial charge on any atom is 0.330 e. The van der Waals surface area contributed by atoms with E-state index in [0.29, 0.717) is 12.8 Å². The van der Waals surface area contributed by atoms with Crippen LogP contribution in [0.2, 0.25) is 0 Å². The molecule has 1 saturated heterocycles. The SMILES string of the molecule is CCC1(CC)O[C@@H](n2ccc(=O)[nH]c2=O)[C@@H](F)[C@@H]1C. The minimum Gasteiger partial charge on any atom is -0.348 e. The van der Waals surface area contributed by atoms with E-state index in [1.807, 2.05) is 13.8 Å². The highest BCUT2D eigenvalue weighted by molar-refractivity contribution is 4.98. The summed E-state index contributed by atoms with van der Waals surface area (Å²) < 4.78 is 21.4. The molecule has 1 aromatic heterocycles. The van der Waals surface area contributed by atoms with Crippen molar-refractivity contribution < 1.29 is 9.13 Å². The van der Waals surface area contributed by atoms with Gasteiger partial charge in [0.25, 0.3) is 5.56 Å². The summed E-state index contributed by atoms with van der Waals surface area (Å²) in [7, 11) is 0. The predicted molar refractivity (Wildman–Crippen MR) is 68.8 cm³/mol. The maximum absolute atomic E-state index is 14.4. The van der Waals surface area contributed by atoms with Crippen LogP contribution < -0.4 is 11.2 Å². The van der Waals surface area contributed by atoms with Crippen molar-refractivity contribution in [3.63, 3.8) is 0 Å². The van der Waals surface area contributed by atoms with Gasteiger partial charge in [-0.15, -0.1) is 0 Å². The molecule has 0 bridgehead atoms. The second-order valence-corrected chi connectivity index (χ2v) is 5.03. The fourth-order valence-corrected chi connectivity index (χ4v) is 2.85. The van der Waals surface area contributed by atoms with Gasteiger partial charge in [0.1, 0.15) is 0 Å². The highest BCUT2D eigenvalue weighted by Crippen LogP contribution is 2.46. The third kappa shape index (κ3) is 2.14. The van der Waals surface area contributed by atoms with E-state index in [-0.39, 0.29) is 5.92 Å². The lowest BCUT2D eigenvalue weighted by molar-refractivity contribution is -0.0936. The summed E-state index contributed by atoms with van der Waals surface area (Å²) in [6.45, 7) is 5.70. The van der Waals surface area contributed by atoms with Crippen LogP contribution in [0, 0.1) is 5.92 Å². The van der Waals surface area contributed by atoms with E-state index >= 15 is 0 Å². The standard InChI is InChI=1S/C13H19FN2O3/c1-4-13(5-2)8(3)10(14)11(19-13)16-7-6-9(17)15-12(16)18/h6-8,10-11H,4-5H2,1-3H3,(H,15,17,18)/t8-,10-,11+/m0/s1. The van der Waals surface area contributed by atoms with E-state index in [9.17, 15) is 14.0 Å². The number of nitrogens with one attached hydrogen (secondary N) is 1. The van der Waals surface area contributed by atoms with Crippen LogP contribution in [0.15, 0.2) is 21.9 Å². The van der Waals surface area contributed by atoms with Crippen molar-refractivity contribution in [2.45, 2.75) is 51.6 Å².